The summed E-state index contributed by atoms with van der Waals surface area (Å²) in [4.78, 5) is 0. The second kappa shape index (κ2) is 3.99. The van der Waals surface area contributed by atoms with E-state index in [1.54, 1.807) is 12.1 Å². The number of nitrogens with two attached hydrogens (primary N) is 1. The average Bonchev–Trinajstić information content (AvgIpc) is 2.88. The molecule has 1 fully saturated rings. The molecule has 0 spiro atoms. The highest BCUT2D eigenvalue weighted by molar-refractivity contribution is 6.31. The molecule has 0 radical (unpaired) electrons. The second-order valence-electron chi connectivity index (χ2n) is 3.71. The molecule has 0 saturated heterocycles. The maximum absolute atomic E-state index is 13.9. The first-order valence-electron chi connectivity index (χ1n) is 5.01. The Morgan fingerprint density at radius 1 is 1.60 bits per heavy atom. The first kappa shape index (κ1) is 10.7. The molecule has 1 aliphatic carbocycles. The van der Waals surface area contributed by atoms with Crippen LogP contribution in [0, 0.1) is 5.82 Å². The Morgan fingerprint density at radius 2 is 2.27 bits per heavy atom. The predicted molar refractivity (Wildman–Crippen MR) is 57.9 cm³/mol. The zero-order valence-electron chi connectivity index (χ0n) is 8.47. The van der Waals surface area contributed by atoms with E-state index in [-0.39, 0.29) is 23.5 Å². The number of hydrogen-bond donors (Lipinski definition) is 1. The third-order valence-electron chi connectivity index (χ3n) is 2.60. The minimum atomic E-state index is -0.359. The quantitative estimate of drug-likeness (QED) is 0.865. The summed E-state index contributed by atoms with van der Waals surface area (Å²) < 4.78 is 19.1. The van der Waals surface area contributed by atoms with E-state index in [1.165, 1.54) is 0 Å². The lowest BCUT2D eigenvalue weighted by Gasteiger charge is -2.10. The fraction of sp³-hybridized carbons (Fsp3) is 0.455. The highest BCUT2D eigenvalue weighted by atomic mass is 35.5. The van der Waals surface area contributed by atoms with Crippen LogP contribution in [0.15, 0.2) is 12.1 Å². The summed E-state index contributed by atoms with van der Waals surface area (Å²) in [7, 11) is 0. The van der Waals surface area contributed by atoms with Gasteiger partial charge >= 0.3 is 0 Å². The highest BCUT2D eigenvalue weighted by Gasteiger charge is 2.39. The predicted octanol–water partition coefficient (Wildman–Crippen LogP) is 2.69. The van der Waals surface area contributed by atoms with Gasteiger partial charge in [-0.1, -0.05) is 11.6 Å². The van der Waals surface area contributed by atoms with Crippen LogP contribution >= 0.6 is 11.6 Å². The molecule has 2 nitrogen and oxygen atoms in total. The minimum absolute atomic E-state index is 0.0360. The van der Waals surface area contributed by atoms with Gasteiger partial charge in [0.2, 0.25) is 0 Å². The van der Waals surface area contributed by atoms with Gasteiger partial charge < -0.3 is 10.5 Å². The zero-order chi connectivity index (χ0) is 11.0. The van der Waals surface area contributed by atoms with Crippen molar-refractivity contribution < 1.29 is 9.13 Å². The summed E-state index contributed by atoms with van der Waals surface area (Å²) in [6.45, 7) is 2.26. The van der Waals surface area contributed by atoms with Crippen molar-refractivity contribution in [1.82, 2.24) is 0 Å². The fourth-order valence-corrected chi connectivity index (χ4v) is 1.99. The van der Waals surface area contributed by atoms with Crippen molar-refractivity contribution in [2.45, 2.75) is 25.3 Å². The fourth-order valence-electron chi connectivity index (χ4n) is 1.70. The molecule has 0 amide bonds. The van der Waals surface area contributed by atoms with Gasteiger partial charge in [0, 0.05) is 22.5 Å². The third kappa shape index (κ3) is 1.94. The van der Waals surface area contributed by atoms with Gasteiger partial charge in [0.05, 0.1) is 6.61 Å². The van der Waals surface area contributed by atoms with E-state index >= 15 is 0 Å². The Bertz CT molecular complexity index is 383. The molecule has 0 unspecified atom stereocenters. The number of halogens is 2. The van der Waals surface area contributed by atoms with Crippen molar-refractivity contribution in [2.24, 2.45) is 5.73 Å². The molecule has 15 heavy (non-hydrogen) atoms. The van der Waals surface area contributed by atoms with Gasteiger partial charge in [-0.15, -0.1) is 0 Å². The molecule has 0 heterocycles. The summed E-state index contributed by atoms with van der Waals surface area (Å²) in [5.74, 6) is -0.0452. The molecule has 0 aromatic heterocycles. The molecule has 1 aromatic rings. The molecular formula is C11H13ClFNO. The lowest BCUT2D eigenvalue weighted by atomic mass is 10.1. The van der Waals surface area contributed by atoms with Gasteiger partial charge in [-0.2, -0.15) is 0 Å². The summed E-state index contributed by atoms with van der Waals surface area (Å²) in [6, 6.07) is 3.25. The molecule has 0 bridgehead atoms. The lowest BCUT2D eigenvalue weighted by molar-refractivity contribution is 0.320. The molecule has 1 saturated carbocycles. The summed E-state index contributed by atoms with van der Waals surface area (Å²) >= 11 is 5.95. The van der Waals surface area contributed by atoms with Crippen LogP contribution in [0.2, 0.25) is 5.02 Å². The second-order valence-corrected chi connectivity index (χ2v) is 4.12. The number of benzene rings is 1. The summed E-state index contributed by atoms with van der Waals surface area (Å²) in [5.41, 5.74) is 6.20. The van der Waals surface area contributed by atoms with E-state index in [0.717, 1.165) is 6.42 Å². The first-order valence-corrected chi connectivity index (χ1v) is 5.39. The van der Waals surface area contributed by atoms with Crippen LogP contribution in [0.4, 0.5) is 4.39 Å². The van der Waals surface area contributed by atoms with Crippen molar-refractivity contribution in [3.8, 4) is 5.75 Å². The summed E-state index contributed by atoms with van der Waals surface area (Å²) in [5, 5.41) is 0.439. The third-order valence-corrected chi connectivity index (χ3v) is 2.93. The first-order chi connectivity index (χ1) is 7.15. The van der Waals surface area contributed by atoms with E-state index in [0.29, 0.717) is 17.2 Å². The van der Waals surface area contributed by atoms with Gasteiger partial charge in [-0.25, -0.2) is 4.39 Å². The monoisotopic (exact) mass is 229 g/mol. The molecule has 2 rings (SSSR count). The molecule has 82 valence electrons. The van der Waals surface area contributed by atoms with Gasteiger partial charge in [-0.3, -0.25) is 0 Å². The zero-order valence-corrected chi connectivity index (χ0v) is 9.22. The van der Waals surface area contributed by atoms with Crippen molar-refractivity contribution in [3.63, 3.8) is 0 Å². The Morgan fingerprint density at radius 3 is 2.80 bits per heavy atom. The van der Waals surface area contributed by atoms with Crippen molar-refractivity contribution in [3.05, 3.63) is 28.5 Å². The Kier molecular flexibility index (Phi) is 2.85. The van der Waals surface area contributed by atoms with Crippen LogP contribution in [0.1, 0.15) is 24.8 Å². The lowest BCUT2D eigenvalue weighted by Crippen LogP contribution is -2.04. The van der Waals surface area contributed by atoms with Gasteiger partial charge in [0.15, 0.2) is 11.6 Å². The van der Waals surface area contributed by atoms with Crippen LogP contribution in [-0.2, 0) is 0 Å². The van der Waals surface area contributed by atoms with E-state index < -0.39 is 0 Å². The maximum Gasteiger partial charge on any atom is 0.170 e. The molecule has 2 N–H and O–H groups in total. The van der Waals surface area contributed by atoms with Crippen molar-refractivity contribution in [1.29, 1.82) is 0 Å². The number of rotatable bonds is 3. The molecule has 1 aliphatic rings. The average molecular weight is 230 g/mol. The van der Waals surface area contributed by atoms with Crippen LogP contribution in [0.5, 0.6) is 5.75 Å². The normalized spacial score (nSPS) is 24.0. The van der Waals surface area contributed by atoms with E-state index in [2.05, 4.69) is 0 Å². The molecule has 4 heteroatoms. The Hall–Kier alpha value is -0.800. The maximum atomic E-state index is 13.9. The molecule has 2 atom stereocenters. The molecule has 0 aliphatic heterocycles. The largest absolute Gasteiger partial charge is 0.491 e. The molecule has 1 aromatic carbocycles. The van der Waals surface area contributed by atoms with E-state index in [4.69, 9.17) is 22.1 Å². The van der Waals surface area contributed by atoms with Gasteiger partial charge in [-0.05, 0) is 25.5 Å². The van der Waals surface area contributed by atoms with E-state index in [9.17, 15) is 4.39 Å². The topological polar surface area (TPSA) is 35.2 Å². The van der Waals surface area contributed by atoms with Crippen molar-refractivity contribution in [2.75, 3.05) is 6.61 Å². The van der Waals surface area contributed by atoms with Crippen LogP contribution in [-0.4, -0.2) is 12.6 Å². The van der Waals surface area contributed by atoms with Gasteiger partial charge in [0.25, 0.3) is 0 Å². The van der Waals surface area contributed by atoms with Crippen LogP contribution in [0.3, 0.4) is 0 Å². The van der Waals surface area contributed by atoms with Gasteiger partial charge in [0.1, 0.15) is 0 Å². The van der Waals surface area contributed by atoms with E-state index in [1.807, 2.05) is 6.92 Å². The highest BCUT2D eigenvalue weighted by Crippen LogP contribution is 2.45. The Labute approximate surface area is 93.2 Å². The summed E-state index contributed by atoms with van der Waals surface area (Å²) in [6.07, 6.45) is 0.798. The minimum Gasteiger partial charge on any atom is -0.491 e. The van der Waals surface area contributed by atoms with Crippen molar-refractivity contribution >= 4 is 11.6 Å². The van der Waals surface area contributed by atoms with Crippen LogP contribution in [0.25, 0.3) is 0 Å². The number of hydrogen-bond acceptors (Lipinski definition) is 2. The Balaban J connectivity index is 2.38. The smallest absolute Gasteiger partial charge is 0.170 e. The SMILES string of the molecule is CCOc1ccc(Cl)c([C@H]2C[C@H]2N)c1F. The van der Waals surface area contributed by atoms with Crippen LogP contribution < -0.4 is 10.5 Å². The number of ether oxygens (including phenoxy) is 1. The standard InChI is InChI=1S/C11H13ClFNO/c1-2-15-9-4-3-7(12)10(11(9)13)6-5-8(6)14/h3-4,6,8H,2,5,14H2,1H3/t6-,8+/m0/s1. The molecular weight excluding hydrogens is 217 g/mol.